The molecule has 1 fully saturated rings. The molecule has 124 valence electrons. The van der Waals surface area contributed by atoms with Gasteiger partial charge in [-0.15, -0.1) is 12.4 Å². The summed E-state index contributed by atoms with van der Waals surface area (Å²) in [7, 11) is 4.98. The second kappa shape index (κ2) is 8.82. The van der Waals surface area contributed by atoms with Gasteiger partial charge in [0.25, 0.3) is 5.91 Å². The minimum Gasteiger partial charge on any atom is -0.497 e. The Labute approximate surface area is 137 Å². The lowest BCUT2D eigenvalue weighted by atomic mass is 10.1. The quantitative estimate of drug-likeness (QED) is 0.875. The Morgan fingerprint density at radius 3 is 2.77 bits per heavy atom. The number of hydrogen-bond donors (Lipinski definition) is 1. The molecule has 1 unspecified atom stereocenters. The summed E-state index contributed by atoms with van der Waals surface area (Å²) in [5.41, 5.74) is 0.929. The summed E-state index contributed by atoms with van der Waals surface area (Å²) in [6, 6.07) is 5.57. The van der Waals surface area contributed by atoms with Crippen LogP contribution in [-0.2, 0) is 16.1 Å². The molecule has 1 saturated heterocycles. The number of nitrogens with zero attached hydrogens (tertiary/aromatic N) is 1. The van der Waals surface area contributed by atoms with E-state index in [2.05, 4.69) is 5.32 Å². The van der Waals surface area contributed by atoms with Gasteiger partial charge in [-0.2, -0.15) is 0 Å². The first-order valence-corrected chi connectivity index (χ1v) is 6.94. The Morgan fingerprint density at radius 2 is 2.18 bits per heavy atom. The molecule has 0 aliphatic carbocycles. The summed E-state index contributed by atoms with van der Waals surface area (Å²) in [4.78, 5) is 14.0. The van der Waals surface area contributed by atoms with Crippen LogP contribution in [0, 0.1) is 0 Å². The standard InChI is InChI=1S/C15H22N2O4.ClH/c1-17(15(18)14-9-16-6-7-21-14)10-11-4-5-12(19-2)8-13(11)20-3;/h4-5,8,14,16H,6-7,9-10H2,1-3H3;1H. The molecular formula is C15H23ClN2O4. The minimum absolute atomic E-state index is 0. The molecule has 1 aliphatic heterocycles. The number of amides is 1. The van der Waals surface area contributed by atoms with Crippen molar-refractivity contribution in [3.8, 4) is 11.5 Å². The van der Waals surface area contributed by atoms with Gasteiger partial charge >= 0.3 is 0 Å². The molecule has 1 heterocycles. The first-order chi connectivity index (χ1) is 10.2. The zero-order chi connectivity index (χ0) is 15.2. The largest absolute Gasteiger partial charge is 0.497 e. The molecule has 0 aromatic heterocycles. The van der Waals surface area contributed by atoms with Crippen LogP contribution < -0.4 is 14.8 Å². The van der Waals surface area contributed by atoms with E-state index in [4.69, 9.17) is 14.2 Å². The third-order valence-electron chi connectivity index (χ3n) is 3.48. The van der Waals surface area contributed by atoms with Crippen molar-refractivity contribution in [3.05, 3.63) is 23.8 Å². The molecule has 2 rings (SSSR count). The Morgan fingerprint density at radius 1 is 1.41 bits per heavy atom. The van der Waals surface area contributed by atoms with E-state index in [1.165, 1.54) is 0 Å². The van der Waals surface area contributed by atoms with Crippen LogP contribution in [0.25, 0.3) is 0 Å². The molecule has 1 amide bonds. The molecule has 6 nitrogen and oxygen atoms in total. The molecule has 0 bridgehead atoms. The second-order valence-electron chi connectivity index (χ2n) is 4.94. The summed E-state index contributed by atoms with van der Waals surface area (Å²) in [6.45, 7) is 2.38. The number of halogens is 1. The average molecular weight is 331 g/mol. The lowest BCUT2D eigenvalue weighted by molar-refractivity contribution is -0.144. The van der Waals surface area contributed by atoms with E-state index in [-0.39, 0.29) is 18.3 Å². The van der Waals surface area contributed by atoms with Crippen molar-refractivity contribution in [2.24, 2.45) is 0 Å². The lowest BCUT2D eigenvalue weighted by Gasteiger charge is -2.27. The fourth-order valence-corrected chi connectivity index (χ4v) is 2.29. The zero-order valence-corrected chi connectivity index (χ0v) is 13.9. The highest BCUT2D eigenvalue weighted by Crippen LogP contribution is 2.25. The number of hydrogen-bond acceptors (Lipinski definition) is 5. The van der Waals surface area contributed by atoms with Gasteiger partial charge in [-0.05, 0) is 12.1 Å². The van der Waals surface area contributed by atoms with Crippen LogP contribution in [0.1, 0.15) is 5.56 Å². The molecule has 1 aromatic rings. The average Bonchev–Trinajstić information content (AvgIpc) is 2.55. The Hall–Kier alpha value is -1.50. The van der Waals surface area contributed by atoms with Crippen LogP contribution in [0.3, 0.4) is 0 Å². The number of carbonyl (C=O) groups excluding carboxylic acids is 1. The number of morpholine rings is 1. The van der Waals surface area contributed by atoms with Gasteiger partial charge in [0.1, 0.15) is 17.6 Å². The highest BCUT2D eigenvalue weighted by molar-refractivity contribution is 5.85. The number of methoxy groups -OCH3 is 2. The Balaban J connectivity index is 0.00000242. The van der Waals surface area contributed by atoms with Crippen molar-refractivity contribution in [1.29, 1.82) is 0 Å². The number of carbonyl (C=O) groups is 1. The van der Waals surface area contributed by atoms with Crippen LogP contribution in [-0.4, -0.2) is 57.9 Å². The van der Waals surface area contributed by atoms with Crippen molar-refractivity contribution < 1.29 is 19.0 Å². The molecule has 22 heavy (non-hydrogen) atoms. The van der Waals surface area contributed by atoms with Crippen molar-refractivity contribution in [2.45, 2.75) is 12.6 Å². The Kier molecular flexibility index (Phi) is 7.44. The lowest BCUT2D eigenvalue weighted by Crippen LogP contribution is -2.48. The molecule has 0 saturated carbocycles. The molecule has 1 atom stereocenters. The third kappa shape index (κ3) is 4.50. The number of likely N-dealkylation sites (N-methyl/N-ethyl adjacent to an activating group) is 1. The topological polar surface area (TPSA) is 60.0 Å². The van der Waals surface area contributed by atoms with Gasteiger partial charge in [-0.3, -0.25) is 4.79 Å². The molecule has 0 spiro atoms. The maximum atomic E-state index is 12.3. The normalized spacial score (nSPS) is 17.3. The van der Waals surface area contributed by atoms with E-state index < -0.39 is 6.10 Å². The fraction of sp³-hybridized carbons (Fsp3) is 0.533. The monoisotopic (exact) mass is 330 g/mol. The van der Waals surface area contributed by atoms with E-state index in [0.29, 0.717) is 25.4 Å². The van der Waals surface area contributed by atoms with Crippen LogP contribution >= 0.6 is 12.4 Å². The van der Waals surface area contributed by atoms with Gasteiger partial charge in [0, 0.05) is 38.3 Å². The van der Waals surface area contributed by atoms with Crippen molar-refractivity contribution >= 4 is 18.3 Å². The number of nitrogens with one attached hydrogen (secondary N) is 1. The van der Waals surface area contributed by atoms with Gasteiger partial charge in [0.05, 0.1) is 20.8 Å². The predicted octanol–water partition coefficient (Wildman–Crippen LogP) is 1.07. The number of ether oxygens (including phenoxy) is 3. The highest BCUT2D eigenvalue weighted by Gasteiger charge is 2.25. The summed E-state index contributed by atoms with van der Waals surface area (Å²) in [5, 5.41) is 3.16. The fourth-order valence-electron chi connectivity index (χ4n) is 2.29. The smallest absolute Gasteiger partial charge is 0.253 e. The molecule has 7 heteroatoms. The first-order valence-electron chi connectivity index (χ1n) is 6.94. The summed E-state index contributed by atoms with van der Waals surface area (Å²) >= 11 is 0. The summed E-state index contributed by atoms with van der Waals surface area (Å²) < 4.78 is 16.0. The van der Waals surface area contributed by atoms with Crippen molar-refractivity contribution in [1.82, 2.24) is 10.2 Å². The van der Waals surface area contributed by atoms with E-state index in [1.54, 1.807) is 26.2 Å². The first kappa shape index (κ1) is 18.5. The molecule has 1 aromatic carbocycles. The number of benzene rings is 1. The molecule has 1 N–H and O–H groups in total. The van der Waals surface area contributed by atoms with E-state index >= 15 is 0 Å². The zero-order valence-electron chi connectivity index (χ0n) is 13.1. The van der Waals surface area contributed by atoms with Gasteiger partial charge < -0.3 is 24.4 Å². The summed E-state index contributed by atoms with van der Waals surface area (Å²) in [5.74, 6) is 1.40. The number of rotatable bonds is 5. The van der Waals surface area contributed by atoms with Crippen LogP contribution in [0.15, 0.2) is 18.2 Å². The third-order valence-corrected chi connectivity index (χ3v) is 3.48. The minimum atomic E-state index is -0.409. The molecule has 0 radical (unpaired) electrons. The van der Waals surface area contributed by atoms with Gasteiger partial charge in [-0.1, -0.05) is 0 Å². The van der Waals surface area contributed by atoms with Gasteiger partial charge in [0.15, 0.2) is 0 Å². The van der Waals surface area contributed by atoms with E-state index in [9.17, 15) is 4.79 Å². The highest BCUT2D eigenvalue weighted by atomic mass is 35.5. The SMILES string of the molecule is COc1ccc(CN(C)C(=O)C2CNCCO2)c(OC)c1.Cl. The van der Waals surface area contributed by atoms with Crippen molar-refractivity contribution in [2.75, 3.05) is 41.0 Å². The summed E-state index contributed by atoms with van der Waals surface area (Å²) in [6.07, 6.45) is -0.409. The maximum absolute atomic E-state index is 12.3. The second-order valence-corrected chi connectivity index (χ2v) is 4.94. The Bertz CT molecular complexity index is 492. The molecular weight excluding hydrogens is 308 g/mol. The predicted molar refractivity (Wildman–Crippen MR) is 85.9 cm³/mol. The molecule has 1 aliphatic rings. The van der Waals surface area contributed by atoms with Crippen LogP contribution in [0.5, 0.6) is 11.5 Å². The van der Waals surface area contributed by atoms with Crippen LogP contribution in [0.4, 0.5) is 0 Å². The van der Waals surface area contributed by atoms with Crippen LogP contribution in [0.2, 0.25) is 0 Å². The van der Waals surface area contributed by atoms with Gasteiger partial charge in [-0.25, -0.2) is 0 Å². The van der Waals surface area contributed by atoms with E-state index in [0.717, 1.165) is 17.9 Å². The van der Waals surface area contributed by atoms with Crippen molar-refractivity contribution in [3.63, 3.8) is 0 Å². The van der Waals surface area contributed by atoms with Gasteiger partial charge in [0.2, 0.25) is 0 Å². The maximum Gasteiger partial charge on any atom is 0.253 e. The van der Waals surface area contributed by atoms with E-state index in [1.807, 2.05) is 18.2 Å².